The molecule has 1 aromatic carbocycles. The number of benzene rings is 1. The van der Waals surface area contributed by atoms with Gasteiger partial charge in [0.2, 0.25) is 11.8 Å². The van der Waals surface area contributed by atoms with Crippen LogP contribution in [-0.4, -0.2) is 57.1 Å². The van der Waals surface area contributed by atoms with E-state index < -0.39 is 0 Å². The quantitative estimate of drug-likeness (QED) is 0.758. The molecule has 0 unspecified atom stereocenters. The first-order valence-electron chi connectivity index (χ1n) is 9.71. The van der Waals surface area contributed by atoms with Gasteiger partial charge in [0.25, 0.3) is 5.91 Å². The molecule has 1 saturated heterocycles. The van der Waals surface area contributed by atoms with Crippen LogP contribution in [0.5, 0.6) is 0 Å². The number of hydrogen-bond donors (Lipinski definition) is 1. The van der Waals surface area contributed by atoms with Crippen molar-refractivity contribution in [3.8, 4) is 0 Å². The van der Waals surface area contributed by atoms with Crippen LogP contribution in [0.4, 0.5) is 0 Å². The third-order valence-corrected chi connectivity index (χ3v) is 5.13. The van der Waals surface area contributed by atoms with Gasteiger partial charge in [-0.2, -0.15) is 0 Å². The molecule has 1 aliphatic rings. The number of carbonyl (C=O) groups is 3. The summed E-state index contributed by atoms with van der Waals surface area (Å²) >= 11 is 0. The second kappa shape index (κ2) is 9.77. The summed E-state index contributed by atoms with van der Waals surface area (Å²) < 4.78 is 0. The maximum Gasteiger partial charge on any atom is 0.274 e. The first-order valence-corrected chi connectivity index (χ1v) is 9.71. The fourth-order valence-electron chi connectivity index (χ4n) is 3.43. The van der Waals surface area contributed by atoms with Gasteiger partial charge in [-0.3, -0.25) is 19.4 Å². The summed E-state index contributed by atoms with van der Waals surface area (Å²) in [6.45, 7) is 1.69. The van der Waals surface area contributed by atoms with Crippen LogP contribution in [0.15, 0.2) is 48.9 Å². The van der Waals surface area contributed by atoms with Crippen molar-refractivity contribution < 1.29 is 14.4 Å². The average Bonchev–Trinajstić information content (AvgIpc) is 2.77. The van der Waals surface area contributed by atoms with E-state index in [2.05, 4.69) is 9.97 Å². The van der Waals surface area contributed by atoms with E-state index in [1.807, 2.05) is 30.3 Å². The number of likely N-dealkylation sites (tertiary alicyclic amines) is 1. The van der Waals surface area contributed by atoms with Crippen molar-refractivity contribution >= 4 is 17.7 Å². The van der Waals surface area contributed by atoms with Crippen LogP contribution in [0.2, 0.25) is 0 Å². The van der Waals surface area contributed by atoms with Crippen LogP contribution >= 0.6 is 0 Å². The highest BCUT2D eigenvalue weighted by molar-refractivity contribution is 5.92. The van der Waals surface area contributed by atoms with E-state index in [4.69, 9.17) is 5.73 Å². The number of hydrogen-bond acceptors (Lipinski definition) is 5. The largest absolute Gasteiger partial charge is 0.369 e. The number of amides is 3. The molecule has 0 atom stereocenters. The van der Waals surface area contributed by atoms with Gasteiger partial charge in [0.1, 0.15) is 5.69 Å². The Hall–Kier alpha value is -3.29. The molecule has 8 nitrogen and oxygen atoms in total. The molecule has 3 amide bonds. The fourth-order valence-corrected chi connectivity index (χ4v) is 3.43. The summed E-state index contributed by atoms with van der Waals surface area (Å²) in [5.74, 6) is -0.757. The molecule has 2 heterocycles. The predicted octanol–water partition coefficient (Wildman–Crippen LogP) is 1.23. The SMILES string of the molecule is NC(=O)C1CCN(C(=O)CCN(Cc2ccccc2)C(=O)c2cnccn2)CC1. The second-order valence-corrected chi connectivity index (χ2v) is 7.11. The molecule has 0 radical (unpaired) electrons. The molecule has 2 N–H and O–H groups in total. The fraction of sp³-hybridized carbons (Fsp3) is 0.381. The first kappa shape index (κ1) is 20.4. The van der Waals surface area contributed by atoms with Crippen molar-refractivity contribution in [1.82, 2.24) is 19.8 Å². The van der Waals surface area contributed by atoms with E-state index in [1.165, 1.54) is 18.6 Å². The van der Waals surface area contributed by atoms with Gasteiger partial charge in [-0.1, -0.05) is 30.3 Å². The van der Waals surface area contributed by atoms with Crippen molar-refractivity contribution in [3.05, 3.63) is 60.2 Å². The number of nitrogens with two attached hydrogens (primary N) is 1. The summed E-state index contributed by atoms with van der Waals surface area (Å²) in [4.78, 5) is 48.2. The van der Waals surface area contributed by atoms with Crippen LogP contribution in [0.3, 0.4) is 0 Å². The van der Waals surface area contributed by atoms with Crippen LogP contribution in [0, 0.1) is 5.92 Å². The number of piperidine rings is 1. The molecule has 3 rings (SSSR count). The van der Waals surface area contributed by atoms with E-state index in [9.17, 15) is 14.4 Å². The highest BCUT2D eigenvalue weighted by Crippen LogP contribution is 2.18. The summed E-state index contributed by atoms with van der Waals surface area (Å²) in [6, 6.07) is 9.61. The first-order chi connectivity index (χ1) is 14.0. The van der Waals surface area contributed by atoms with Gasteiger partial charge in [0.05, 0.1) is 6.20 Å². The normalized spacial score (nSPS) is 14.4. The molecule has 29 heavy (non-hydrogen) atoms. The van der Waals surface area contributed by atoms with Crippen molar-refractivity contribution in [2.75, 3.05) is 19.6 Å². The maximum absolute atomic E-state index is 12.9. The molecular weight excluding hydrogens is 370 g/mol. The van der Waals surface area contributed by atoms with Gasteiger partial charge in [-0.05, 0) is 18.4 Å². The number of aromatic nitrogens is 2. The lowest BCUT2D eigenvalue weighted by Crippen LogP contribution is -2.43. The van der Waals surface area contributed by atoms with Gasteiger partial charge in [0, 0.05) is 50.9 Å². The predicted molar refractivity (Wildman–Crippen MR) is 106 cm³/mol. The van der Waals surface area contributed by atoms with Crippen molar-refractivity contribution in [2.24, 2.45) is 11.7 Å². The molecule has 0 saturated carbocycles. The molecule has 1 fully saturated rings. The molecule has 0 spiro atoms. The zero-order valence-electron chi connectivity index (χ0n) is 16.2. The minimum atomic E-state index is -0.305. The van der Waals surface area contributed by atoms with E-state index in [1.54, 1.807) is 9.80 Å². The molecular formula is C21H25N5O3. The Morgan fingerprint density at radius 1 is 1.10 bits per heavy atom. The number of rotatable bonds is 7. The minimum absolute atomic E-state index is 0.0297. The third-order valence-electron chi connectivity index (χ3n) is 5.13. The lowest BCUT2D eigenvalue weighted by molar-refractivity contribution is -0.135. The summed E-state index contributed by atoms with van der Waals surface area (Å²) in [7, 11) is 0. The third kappa shape index (κ3) is 5.60. The standard InChI is InChI=1S/C21H25N5O3/c22-20(28)17-6-11-25(12-7-17)19(27)8-13-26(15-16-4-2-1-3-5-16)21(29)18-14-23-9-10-24-18/h1-5,9-10,14,17H,6-8,11-13,15H2,(H2,22,28). The highest BCUT2D eigenvalue weighted by Gasteiger charge is 2.26. The monoisotopic (exact) mass is 395 g/mol. The highest BCUT2D eigenvalue weighted by atomic mass is 16.2. The molecule has 0 aliphatic carbocycles. The average molecular weight is 395 g/mol. The molecule has 8 heteroatoms. The Labute approximate surface area is 169 Å². The van der Waals surface area contributed by atoms with Crippen LogP contribution < -0.4 is 5.73 Å². The summed E-state index contributed by atoms with van der Waals surface area (Å²) in [6.07, 6.45) is 5.80. The Balaban J connectivity index is 1.63. The Morgan fingerprint density at radius 2 is 1.83 bits per heavy atom. The maximum atomic E-state index is 12.9. The van der Waals surface area contributed by atoms with Crippen LogP contribution in [0.1, 0.15) is 35.3 Å². The van der Waals surface area contributed by atoms with Crippen LogP contribution in [-0.2, 0) is 16.1 Å². The van der Waals surface area contributed by atoms with Gasteiger partial charge in [0.15, 0.2) is 0 Å². The van der Waals surface area contributed by atoms with Gasteiger partial charge >= 0.3 is 0 Å². The zero-order valence-corrected chi connectivity index (χ0v) is 16.2. The molecule has 2 aromatic rings. The zero-order chi connectivity index (χ0) is 20.6. The summed E-state index contributed by atoms with van der Waals surface area (Å²) in [5.41, 5.74) is 6.57. The minimum Gasteiger partial charge on any atom is -0.369 e. The van der Waals surface area contributed by atoms with Crippen molar-refractivity contribution in [3.63, 3.8) is 0 Å². The molecule has 1 aliphatic heterocycles. The molecule has 1 aromatic heterocycles. The van der Waals surface area contributed by atoms with E-state index in [0.717, 1.165) is 5.56 Å². The Morgan fingerprint density at radius 3 is 2.45 bits per heavy atom. The second-order valence-electron chi connectivity index (χ2n) is 7.11. The lowest BCUT2D eigenvalue weighted by atomic mass is 9.96. The van der Waals surface area contributed by atoms with Gasteiger partial charge < -0.3 is 15.5 Å². The van der Waals surface area contributed by atoms with Crippen molar-refractivity contribution in [2.45, 2.75) is 25.8 Å². The van der Waals surface area contributed by atoms with E-state index >= 15 is 0 Å². The summed E-state index contributed by atoms with van der Waals surface area (Å²) in [5, 5.41) is 0. The number of primary amides is 1. The number of carbonyl (C=O) groups excluding carboxylic acids is 3. The Bertz CT molecular complexity index is 836. The van der Waals surface area contributed by atoms with Gasteiger partial charge in [-0.15, -0.1) is 0 Å². The van der Waals surface area contributed by atoms with Crippen LogP contribution in [0.25, 0.3) is 0 Å². The number of nitrogens with zero attached hydrogens (tertiary/aromatic N) is 4. The molecule has 0 bridgehead atoms. The topological polar surface area (TPSA) is 109 Å². The lowest BCUT2D eigenvalue weighted by Gasteiger charge is -2.31. The molecule has 152 valence electrons. The smallest absolute Gasteiger partial charge is 0.274 e. The Kier molecular flexibility index (Phi) is 6.89. The van der Waals surface area contributed by atoms with E-state index in [-0.39, 0.29) is 42.3 Å². The van der Waals surface area contributed by atoms with Gasteiger partial charge in [-0.25, -0.2) is 4.98 Å². The van der Waals surface area contributed by atoms with E-state index in [0.29, 0.717) is 32.5 Å². The van der Waals surface area contributed by atoms with Crippen molar-refractivity contribution in [1.29, 1.82) is 0 Å².